The summed E-state index contributed by atoms with van der Waals surface area (Å²) in [6, 6.07) is 7.67. The monoisotopic (exact) mass is 291 g/mol. The number of piperidine rings is 1. The average Bonchev–Trinajstić information content (AvgIpc) is 2.44. The Labute approximate surface area is 126 Å². The van der Waals surface area contributed by atoms with Crippen molar-refractivity contribution >= 4 is 5.97 Å². The molecule has 116 valence electrons. The van der Waals surface area contributed by atoms with Crippen LogP contribution in [0.25, 0.3) is 0 Å². The fourth-order valence-electron chi connectivity index (χ4n) is 2.88. The molecule has 1 aromatic rings. The molecule has 0 amide bonds. The van der Waals surface area contributed by atoms with E-state index in [1.807, 2.05) is 31.2 Å². The summed E-state index contributed by atoms with van der Waals surface area (Å²) in [6.45, 7) is 6.47. The van der Waals surface area contributed by atoms with Crippen LogP contribution in [0, 0.1) is 12.8 Å². The van der Waals surface area contributed by atoms with E-state index in [0.717, 1.165) is 38.1 Å². The lowest BCUT2D eigenvalue weighted by Crippen LogP contribution is -2.47. The van der Waals surface area contributed by atoms with E-state index in [4.69, 9.17) is 4.74 Å². The molecule has 0 saturated carbocycles. The topological polar surface area (TPSA) is 49.8 Å². The SMILES string of the molecule is Cc1cccc(OCCCN2CCC(C)CC2C(=O)O)c1. The Kier molecular flexibility index (Phi) is 5.62. The van der Waals surface area contributed by atoms with Crippen molar-refractivity contribution in [1.29, 1.82) is 0 Å². The smallest absolute Gasteiger partial charge is 0.320 e. The number of carboxylic acids is 1. The van der Waals surface area contributed by atoms with Gasteiger partial charge in [-0.3, -0.25) is 9.69 Å². The van der Waals surface area contributed by atoms with Crippen molar-refractivity contribution in [3.05, 3.63) is 29.8 Å². The Balaban J connectivity index is 1.75. The standard InChI is InChI=1S/C17H25NO3/c1-13-5-3-6-15(11-13)21-10-4-8-18-9-7-14(2)12-16(18)17(19)20/h3,5-6,11,14,16H,4,7-10,12H2,1-2H3,(H,19,20). The van der Waals surface area contributed by atoms with Crippen LogP contribution in [0.4, 0.5) is 0 Å². The second-order valence-electron chi connectivity index (χ2n) is 6.04. The van der Waals surface area contributed by atoms with Gasteiger partial charge in [0.1, 0.15) is 11.8 Å². The first-order chi connectivity index (χ1) is 10.1. The molecule has 0 spiro atoms. The van der Waals surface area contributed by atoms with E-state index in [9.17, 15) is 9.90 Å². The minimum absolute atomic E-state index is 0.326. The zero-order valence-corrected chi connectivity index (χ0v) is 12.9. The van der Waals surface area contributed by atoms with Gasteiger partial charge in [-0.1, -0.05) is 19.1 Å². The normalized spacial score (nSPS) is 23.0. The molecule has 0 aliphatic carbocycles. The number of carbonyl (C=O) groups is 1. The van der Waals surface area contributed by atoms with Gasteiger partial charge in [0.15, 0.2) is 0 Å². The first-order valence-corrected chi connectivity index (χ1v) is 7.72. The first-order valence-electron chi connectivity index (χ1n) is 7.72. The van der Waals surface area contributed by atoms with Gasteiger partial charge in [0, 0.05) is 6.54 Å². The van der Waals surface area contributed by atoms with Crippen molar-refractivity contribution in [1.82, 2.24) is 4.90 Å². The fraction of sp³-hybridized carbons (Fsp3) is 0.588. The number of rotatable bonds is 6. The van der Waals surface area contributed by atoms with Crippen LogP contribution >= 0.6 is 0 Å². The molecular weight excluding hydrogens is 266 g/mol. The average molecular weight is 291 g/mol. The largest absolute Gasteiger partial charge is 0.494 e. The molecule has 1 aromatic carbocycles. The van der Waals surface area contributed by atoms with Crippen molar-refractivity contribution in [3.63, 3.8) is 0 Å². The lowest BCUT2D eigenvalue weighted by molar-refractivity contribution is -0.145. The molecule has 4 heteroatoms. The summed E-state index contributed by atoms with van der Waals surface area (Å²) in [5, 5.41) is 9.32. The molecule has 1 fully saturated rings. The van der Waals surface area contributed by atoms with E-state index in [0.29, 0.717) is 12.5 Å². The highest BCUT2D eigenvalue weighted by Gasteiger charge is 2.31. The molecule has 0 radical (unpaired) electrons. The van der Waals surface area contributed by atoms with E-state index in [2.05, 4.69) is 11.8 Å². The molecule has 2 atom stereocenters. The lowest BCUT2D eigenvalue weighted by atomic mass is 9.92. The van der Waals surface area contributed by atoms with Crippen LogP contribution in [0.15, 0.2) is 24.3 Å². The van der Waals surface area contributed by atoms with Crippen molar-refractivity contribution in [2.45, 2.75) is 39.2 Å². The van der Waals surface area contributed by atoms with E-state index < -0.39 is 5.97 Å². The van der Waals surface area contributed by atoms with Crippen LogP contribution in [-0.2, 0) is 4.79 Å². The molecule has 1 aliphatic heterocycles. The molecule has 21 heavy (non-hydrogen) atoms. The summed E-state index contributed by atoms with van der Waals surface area (Å²) in [5.41, 5.74) is 1.18. The lowest BCUT2D eigenvalue weighted by Gasteiger charge is -2.35. The third kappa shape index (κ3) is 4.74. The van der Waals surface area contributed by atoms with Crippen molar-refractivity contribution < 1.29 is 14.6 Å². The first kappa shape index (κ1) is 15.8. The van der Waals surface area contributed by atoms with E-state index in [1.54, 1.807) is 0 Å². The maximum atomic E-state index is 11.3. The van der Waals surface area contributed by atoms with Crippen molar-refractivity contribution in [2.24, 2.45) is 5.92 Å². The number of nitrogens with zero attached hydrogens (tertiary/aromatic N) is 1. The Hall–Kier alpha value is -1.55. The van der Waals surface area contributed by atoms with Crippen LogP contribution in [0.3, 0.4) is 0 Å². The fourth-order valence-corrected chi connectivity index (χ4v) is 2.88. The van der Waals surface area contributed by atoms with Crippen molar-refractivity contribution in [2.75, 3.05) is 19.7 Å². The molecular formula is C17H25NO3. The molecule has 1 N–H and O–H groups in total. The highest BCUT2D eigenvalue weighted by atomic mass is 16.5. The molecule has 4 nitrogen and oxygen atoms in total. The second kappa shape index (κ2) is 7.46. The summed E-state index contributed by atoms with van der Waals surface area (Å²) in [6.07, 6.45) is 2.70. The van der Waals surface area contributed by atoms with Gasteiger partial charge in [0.05, 0.1) is 6.61 Å². The molecule has 1 heterocycles. The minimum Gasteiger partial charge on any atom is -0.494 e. The number of hydrogen-bond donors (Lipinski definition) is 1. The predicted molar refractivity (Wildman–Crippen MR) is 82.7 cm³/mol. The predicted octanol–water partition coefficient (Wildman–Crippen LogP) is 2.95. The quantitative estimate of drug-likeness (QED) is 0.819. The molecule has 2 unspecified atom stereocenters. The van der Waals surface area contributed by atoms with E-state index in [1.165, 1.54) is 5.56 Å². The van der Waals surface area contributed by atoms with Gasteiger partial charge in [0.25, 0.3) is 0 Å². The van der Waals surface area contributed by atoms with Gasteiger partial charge in [-0.2, -0.15) is 0 Å². The third-order valence-corrected chi connectivity index (χ3v) is 4.11. The Morgan fingerprint density at radius 1 is 1.48 bits per heavy atom. The third-order valence-electron chi connectivity index (χ3n) is 4.11. The molecule has 0 bridgehead atoms. The van der Waals surface area contributed by atoms with Crippen LogP contribution in [-0.4, -0.2) is 41.7 Å². The summed E-state index contributed by atoms with van der Waals surface area (Å²) >= 11 is 0. The number of aryl methyl sites for hydroxylation is 1. The summed E-state index contributed by atoms with van der Waals surface area (Å²) in [5.74, 6) is 0.698. The molecule has 0 aromatic heterocycles. The number of carboxylic acid groups (broad SMARTS) is 1. The summed E-state index contributed by atoms with van der Waals surface area (Å²) < 4.78 is 5.72. The van der Waals surface area contributed by atoms with Crippen LogP contribution in [0.2, 0.25) is 0 Å². The maximum absolute atomic E-state index is 11.3. The Morgan fingerprint density at radius 2 is 2.29 bits per heavy atom. The summed E-state index contributed by atoms with van der Waals surface area (Å²) in [7, 11) is 0. The van der Waals surface area contributed by atoms with Crippen LogP contribution < -0.4 is 4.74 Å². The zero-order valence-electron chi connectivity index (χ0n) is 12.9. The number of likely N-dealkylation sites (tertiary alicyclic amines) is 1. The van der Waals surface area contributed by atoms with Gasteiger partial charge in [0.2, 0.25) is 0 Å². The summed E-state index contributed by atoms with van der Waals surface area (Å²) in [4.78, 5) is 13.4. The van der Waals surface area contributed by atoms with Crippen LogP contribution in [0.5, 0.6) is 5.75 Å². The number of ether oxygens (including phenoxy) is 1. The molecule has 2 rings (SSSR count). The minimum atomic E-state index is -0.693. The molecule has 1 saturated heterocycles. The van der Waals surface area contributed by atoms with E-state index >= 15 is 0 Å². The van der Waals surface area contributed by atoms with Crippen molar-refractivity contribution in [3.8, 4) is 5.75 Å². The Bertz CT molecular complexity index is 475. The van der Waals surface area contributed by atoms with Gasteiger partial charge >= 0.3 is 5.97 Å². The number of aliphatic carboxylic acids is 1. The highest BCUT2D eigenvalue weighted by molar-refractivity contribution is 5.73. The van der Waals surface area contributed by atoms with Gasteiger partial charge in [-0.15, -0.1) is 0 Å². The molecule has 1 aliphatic rings. The zero-order chi connectivity index (χ0) is 15.2. The highest BCUT2D eigenvalue weighted by Crippen LogP contribution is 2.22. The van der Waals surface area contributed by atoms with Gasteiger partial charge < -0.3 is 9.84 Å². The number of hydrogen-bond acceptors (Lipinski definition) is 3. The number of benzene rings is 1. The second-order valence-corrected chi connectivity index (χ2v) is 6.04. The Morgan fingerprint density at radius 3 is 3.00 bits per heavy atom. The van der Waals surface area contributed by atoms with E-state index in [-0.39, 0.29) is 6.04 Å². The van der Waals surface area contributed by atoms with Crippen LogP contribution in [0.1, 0.15) is 31.7 Å². The maximum Gasteiger partial charge on any atom is 0.320 e. The van der Waals surface area contributed by atoms with Gasteiger partial charge in [-0.05, 0) is 56.3 Å². The van der Waals surface area contributed by atoms with Gasteiger partial charge in [-0.25, -0.2) is 0 Å².